The SMILES string of the molecule is COCCOc1ccc(-c2c(C#N)cnc(SCCO)c2C#N)cc1. The number of aliphatic hydroxyl groups is 1. The molecule has 0 spiro atoms. The molecule has 0 aliphatic heterocycles. The Morgan fingerprint density at radius 1 is 1.16 bits per heavy atom. The fourth-order valence-electron chi connectivity index (χ4n) is 2.19. The smallest absolute Gasteiger partial charge is 0.119 e. The summed E-state index contributed by atoms with van der Waals surface area (Å²) in [5.41, 5.74) is 1.95. The number of ether oxygens (including phenoxy) is 2. The number of hydrogen-bond acceptors (Lipinski definition) is 7. The molecule has 0 radical (unpaired) electrons. The molecule has 0 saturated heterocycles. The van der Waals surface area contributed by atoms with E-state index in [1.54, 1.807) is 31.4 Å². The number of thioether (sulfide) groups is 1. The summed E-state index contributed by atoms with van der Waals surface area (Å²) in [7, 11) is 1.61. The van der Waals surface area contributed by atoms with Crippen LogP contribution in [0.1, 0.15) is 11.1 Å². The van der Waals surface area contributed by atoms with E-state index in [4.69, 9.17) is 14.6 Å². The van der Waals surface area contributed by atoms with E-state index in [9.17, 15) is 10.5 Å². The summed E-state index contributed by atoms with van der Waals surface area (Å²) in [6.07, 6.45) is 1.46. The van der Waals surface area contributed by atoms with Crippen molar-refractivity contribution >= 4 is 11.8 Å². The molecule has 0 atom stereocenters. The number of hydrogen-bond donors (Lipinski definition) is 1. The van der Waals surface area contributed by atoms with E-state index in [1.807, 2.05) is 0 Å². The van der Waals surface area contributed by atoms with E-state index in [1.165, 1.54) is 18.0 Å². The quantitative estimate of drug-likeness (QED) is 0.574. The van der Waals surface area contributed by atoms with Gasteiger partial charge >= 0.3 is 0 Å². The maximum atomic E-state index is 9.56. The Kier molecular flexibility index (Phi) is 7.24. The molecule has 1 aromatic heterocycles. The summed E-state index contributed by atoms with van der Waals surface area (Å²) in [4.78, 5) is 4.18. The molecule has 0 saturated carbocycles. The van der Waals surface area contributed by atoms with Crippen LogP contribution in [-0.2, 0) is 4.74 Å². The minimum atomic E-state index is -0.0138. The van der Waals surface area contributed by atoms with Gasteiger partial charge in [-0.3, -0.25) is 0 Å². The van der Waals surface area contributed by atoms with Crippen molar-refractivity contribution < 1.29 is 14.6 Å². The summed E-state index contributed by atoms with van der Waals surface area (Å²) in [6.45, 7) is 0.925. The molecular weight excluding hydrogens is 338 g/mol. The van der Waals surface area contributed by atoms with Crippen LogP contribution in [0.3, 0.4) is 0 Å². The second-order valence-electron chi connectivity index (χ2n) is 4.89. The predicted molar refractivity (Wildman–Crippen MR) is 94.3 cm³/mol. The maximum Gasteiger partial charge on any atom is 0.119 e. The average Bonchev–Trinajstić information content (AvgIpc) is 2.66. The fraction of sp³-hybridized carbons (Fsp3) is 0.278. The van der Waals surface area contributed by atoms with E-state index in [-0.39, 0.29) is 6.61 Å². The standard InChI is InChI=1S/C18H17N3O3S/c1-23-7-8-24-15-4-2-13(3-5-15)17-14(10-19)12-21-18(16(17)11-20)25-9-6-22/h2-5,12,22H,6-9H2,1H3. The van der Waals surface area contributed by atoms with Gasteiger partial charge in [0.05, 0.1) is 24.3 Å². The molecule has 1 aromatic carbocycles. The third-order valence-electron chi connectivity index (χ3n) is 3.31. The van der Waals surface area contributed by atoms with Crippen molar-refractivity contribution in [1.29, 1.82) is 10.5 Å². The van der Waals surface area contributed by atoms with Gasteiger partial charge in [-0.1, -0.05) is 12.1 Å². The van der Waals surface area contributed by atoms with Crippen molar-refractivity contribution in [2.45, 2.75) is 5.03 Å². The second-order valence-corrected chi connectivity index (χ2v) is 5.97. The van der Waals surface area contributed by atoms with Crippen LogP contribution in [0, 0.1) is 22.7 Å². The monoisotopic (exact) mass is 355 g/mol. The lowest BCUT2D eigenvalue weighted by molar-refractivity contribution is 0.146. The largest absolute Gasteiger partial charge is 0.491 e. The van der Waals surface area contributed by atoms with Crippen LogP contribution in [-0.4, -0.2) is 42.8 Å². The van der Waals surface area contributed by atoms with E-state index in [0.29, 0.717) is 46.4 Å². The van der Waals surface area contributed by atoms with Gasteiger partial charge in [-0.25, -0.2) is 4.98 Å². The van der Waals surface area contributed by atoms with Crippen LogP contribution in [0.2, 0.25) is 0 Å². The topological polar surface area (TPSA) is 99.2 Å². The summed E-state index contributed by atoms with van der Waals surface area (Å²) in [5.74, 6) is 1.11. The van der Waals surface area contributed by atoms with Crippen molar-refractivity contribution in [1.82, 2.24) is 4.98 Å². The highest BCUT2D eigenvalue weighted by molar-refractivity contribution is 7.99. The first-order valence-electron chi connectivity index (χ1n) is 7.54. The Morgan fingerprint density at radius 2 is 1.92 bits per heavy atom. The molecular formula is C18H17N3O3S. The van der Waals surface area contributed by atoms with Gasteiger partial charge in [-0.05, 0) is 17.7 Å². The second kappa shape index (κ2) is 9.65. The molecule has 1 N–H and O–H groups in total. The van der Waals surface area contributed by atoms with Gasteiger partial charge in [0, 0.05) is 24.6 Å². The Morgan fingerprint density at radius 3 is 2.52 bits per heavy atom. The minimum Gasteiger partial charge on any atom is -0.491 e. The van der Waals surface area contributed by atoms with Gasteiger partial charge in [0.15, 0.2) is 0 Å². The van der Waals surface area contributed by atoms with E-state index < -0.39 is 0 Å². The maximum absolute atomic E-state index is 9.56. The first-order chi connectivity index (χ1) is 12.2. The van der Waals surface area contributed by atoms with Gasteiger partial charge in [0.1, 0.15) is 29.5 Å². The van der Waals surface area contributed by atoms with Crippen molar-refractivity contribution in [2.75, 3.05) is 32.7 Å². The Bertz CT molecular complexity index is 795. The number of benzene rings is 1. The van der Waals surface area contributed by atoms with Crippen molar-refractivity contribution in [3.05, 3.63) is 41.6 Å². The summed E-state index contributed by atoms with van der Waals surface area (Å²) >= 11 is 1.28. The van der Waals surface area contributed by atoms with E-state index >= 15 is 0 Å². The zero-order valence-electron chi connectivity index (χ0n) is 13.7. The lowest BCUT2D eigenvalue weighted by Gasteiger charge is -2.11. The number of nitrogens with zero attached hydrogens (tertiary/aromatic N) is 3. The Balaban J connectivity index is 2.39. The number of pyridine rings is 1. The summed E-state index contributed by atoms with van der Waals surface area (Å²) in [5, 5.41) is 28.4. The molecule has 0 aliphatic rings. The van der Waals surface area contributed by atoms with Gasteiger partial charge < -0.3 is 14.6 Å². The fourth-order valence-corrected chi connectivity index (χ4v) is 2.90. The van der Waals surface area contributed by atoms with Crippen LogP contribution in [0.25, 0.3) is 11.1 Å². The molecule has 0 unspecified atom stereocenters. The third kappa shape index (κ3) is 4.71. The summed E-state index contributed by atoms with van der Waals surface area (Å²) in [6, 6.07) is 11.4. The number of nitriles is 2. The number of aromatic nitrogens is 1. The van der Waals surface area contributed by atoms with Crippen molar-refractivity contribution in [2.24, 2.45) is 0 Å². The number of aliphatic hydroxyl groups excluding tert-OH is 1. The highest BCUT2D eigenvalue weighted by atomic mass is 32.2. The van der Waals surface area contributed by atoms with Crippen molar-refractivity contribution in [3.63, 3.8) is 0 Å². The molecule has 0 amide bonds. The van der Waals surface area contributed by atoms with Crippen LogP contribution < -0.4 is 4.74 Å². The number of methoxy groups -OCH3 is 1. The van der Waals surface area contributed by atoms with Gasteiger partial charge in [0.25, 0.3) is 0 Å². The zero-order valence-corrected chi connectivity index (χ0v) is 14.5. The Hall–Kier alpha value is -2.58. The first kappa shape index (κ1) is 18.8. The number of rotatable bonds is 8. The molecule has 0 aliphatic carbocycles. The molecule has 0 fully saturated rings. The zero-order chi connectivity index (χ0) is 18.1. The van der Waals surface area contributed by atoms with E-state index in [0.717, 1.165) is 5.56 Å². The van der Waals surface area contributed by atoms with Crippen LogP contribution in [0.5, 0.6) is 5.75 Å². The van der Waals surface area contributed by atoms with E-state index in [2.05, 4.69) is 17.1 Å². The molecule has 6 nitrogen and oxygen atoms in total. The molecule has 128 valence electrons. The highest BCUT2D eigenvalue weighted by Gasteiger charge is 2.17. The average molecular weight is 355 g/mol. The first-order valence-corrected chi connectivity index (χ1v) is 8.52. The Labute approximate surface area is 150 Å². The van der Waals surface area contributed by atoms with Crippen LogP contribution in [0.4, 0.5) is 0 Å². The van der Waals surface area contributed by atoms with Crippen molar-refractivity contribution in [3.8, 4) is 29.0 Å². The minimum absolute atomic E-state index is 0.0138. The molecule has 0 bridgehead atoms. The molecule has 7 heteroatoms. The van der Waals surface area contributed by atoms with Gasteiger partial charge in [-0.15, -0.1) is 11.8 Å². The van der Waals surface area contributed by atoms with Crippen LogP contribution >= 0.6 is 11.8 Å². The van der Waals surface area contributed by atoms with Gasteiger partial charge in [-0.2, -0.15) is 10.5 Å². The van der Waals surface area contributed by atoms with Crippen LogP contribution in [0.15, 0.2) is 35.5 Å². The van der Waals surface area contributed by atoms with Gasteiger partial charge in [0.2, 0.25) is 0 Å². The molecule has 2 aromatic rings. The lowest BCUT2D eigenvalue weighted by Crippen LogP contribution is -2.04. The predicted octanol–water partition coefficient (Wildman–Crippen LogP) is 2.60. The normalized spacial score (nSPS) is 10.1. The molecule has 25 heavy (non-hydrogen) atoms. The summed E-state index contributed by atoms with van der Waals surface area (Å²) < 4.78 is 10.5. The molecule has 2 rings (SSSR count). The highest BCUT2D eigenvalue weighted by Crippen LogP contribution is 2.33. The molecule has 1 heterocycles. The third-order valence-corrected chi connectivity index (χ3v) is 4.28. The lowest BCUT2D eigenvalue weighted by atomic mass is 9.98.